The Balaban J connectivity index is 1.75. The number of benzene rings is 2. The third-order valence-electron chi connectivity index (χ3n) is 4.11. The molecule has 0 N–H and O–H groups in total. The molecule has 2 heterocycles. The number of aliphatic imine (C=N–C) groups is 1. The van der Waals surface area contributed by atoms with E-state index < -0.39 is 18.0 Å². The Morgan fingerprint density at radius 2 is 1.84 bits per heavy atom. The van der Waals surface area contributed by atoms with Crippen molar-refractivity contribution in [1.29, 1.82) is 0 Å². The van der Waals surface area contributed by atoms with E-state index in [1.165, 1.54) is 4.90 Å². The lowest BCUT2D eigenvalue weighted by atomic mass is 10.1. The zero-order valence-electron chi connectivity index (χ0n) is 13.3. The van der Waals surface area contributed by atoms with Crippen molar-refractivity contribution < 1.29 is 14.3 Å². The number of para-hydroxylation sites is 2. The van der Waals surface area contributed by atoms with Crippen LogP contribution in [0.3, 0.4) is 0 Å². The molecule has 2 aromatic carbocycles. The molecule has 1 atom stereocenters. The molecule has 2 aliphatic rings. The van der Waals surface area contributed by atoms with Crippen molar-refractivity contribution in [2.75, 3.05) is 16.4 Å². The van der Waals surface area contributed by atoms with Crippen molar-refractivity contribution in [2.24, 2.45) is 4.99 Å². The second-order valence-corrected chi connectivity index (χ2v) is 5.97. The largest absolute Gasteiger partial charge is 0.494 e. The molecule has 1 fully saturated rings. The number of amides is 3. The number of anilines is 2. The summed E-state index contributed by atoms with van der Waals surface area (Å²) in [6, 6.07) is 12.5. The third-order valence-corrected chi connectivity index (χ3v) is 4.40. The van der Waals surface area contributed by atoms with Crippen molar-refractivity contribution >= 4 is 45.8 Å². The molecule has 0 aromatic heterocycles. The first-order chi connectivity index (χ1) is 12.1. The van der Waals surface area contributed by atoms with Crippen molar-refractivity contribution in [1.82, 2.24) is 0 Å². The molecule has 0 bridgehead atoms. The van der Waals surface area contributed by atoms with E-state index in [1.54, 1.807) is 48.5 Å². The third kappa shape index (κ3) is 2.37. The highest BCUT2D eigenvalue weighted by Crippen LogP contribution is 2.40. The maximum Gasteiger partial charge on any atom is 0.337 e. The summed E-state index contributed by atoms with van der Waals surface area (Å²) in [6.07, 6.45) is 0. The van der Waals surface area contributed by atoms with Crippen LogP contribution in [0.1, 0.15) is 6.92 Å². The number of imide groups is 1. The summed E-state index contributed by atoms with van der Waals surface area (Å²) >= 11 is 6.21. The van der Waals surface area contributed by atoms with Crippen molar-refractivity contribution in [2.45, 2.75) is 13.0 Å². The van der Waals surface area contributed by atoms with Gasteiger partial charge in [0, 0.05) is 0 Å². The number of fused-ring (bicyclic) bond motifs is 3. The van der Waals surface area contributed by atoms with Gasteiger partial charge in [0.2, 0.25) is 0 Å². The van der Waals surface area contributed by atoms with E-state index in [4.69, 9.17) is 16.3 Å². The number of hydrogen-bond acceptors (Lipinski definition) is 4. The van der Waals surface area contributed by atoms with Gasteiger partial charge in [-0.3, -0.25) is 9.69 Å². The van der Waals surface area contributed by atoms with Crippen LogP contribution in [0.4, 0.5) is 21.9 Å². The summed E-state index contributed by atoms with van der Waals surface area (Å²) in [6.45, 7) is 2.43. The van der Waals surface area contributed by atoms with Gasteiger partial charge in [0.25, 0.3) is 5.91 Å². The highest BCUT2D eigenvalue weighted by Gasteiger charge is 2.51. The van der Waals surface area contributed by atoms with E-state index in [9.17, 15) is 9.59 Å². The minimum atomic E-state index is -0.921. The van der Waals surface area contributed by atoms with Gasteiger partial charge in [-0.15, -0.1) is 0 Å². The average Bonchev–Trinajstić information content (AvgIpc) is 2.88. The Morgan fingerprint density at radius 1 is 1.12 bits per heavy atom. The number of urea groups is 1. The Bertz CT molecular complexity index is 895. The van der Waals surface area contributed by atoms with E-state index in [0.717, 1.165) is 4.90 Å². The lowest BCUT2D eigenvalue weighted by Gasteiger charge is -2.26. The van der Waals surface area contributed by atoms with Crippen LogP contribution in [0.15, 0.2) is 53.5 Å². The van der Waals surface area contributed by atoms with Crippen LogP contribution in [0.25, 0.3) is 0 Å². The van der Waals surface area contributed by atoms with Crippen LogP contribution in [0.2, 0.25) is 0 Å². The van der Waals surface area contributed by atoms with Gasteiger partial charge in [0.15, 0.2) is 6.04 Å². The van der Waals surface area contributed by atoms with E-state index >= 15 is 0 Å². The molecule has 6 nitrogen and oxygen atoms in total. The van der Waals surface area contributed by atoms with Crippen molar-refractivity contribution in [3.05, 3.63) is 48.5 Å². The maximum atomic E-state index is 13.0. The van der Waals surface area contributed by atoms with Crippen LogP contribution < -0.4 is 14.5 Å². The van der Waals surface area contributed by atoms with Gasteiger partial charge in [-0.05, 0) is 43.3 Å². The lowest BCUT2D eigenvalue weighted by Crippen LogP contribution is -2.41. The minimum absolute atomic E-state index is 0.0884. The molecule has 0 aliphatic carbocycles. The molecular weight excluding hydrogens is 342 g/mol. The van der Waals surface area contributed by atoms with E-state index in [-0.39, 0.29) is 5.17 Å². The molecular formula is C18H14ClN3O3. The molecule has 0 saturated carbocycles. The topological polar surface area (TPSA) is 62.2 Å². The van der Waals surface area contributed by atoms with Crippen molar-refractivity contribution in [3.63, 3.8) is 0 Å². The fourth-order valence-corrected chi connectivity index (χ4v) is 3.31. The molecule has 126 valence electrons. The van der Waals surface area contributed by atoms with E-state index in [0.29, 0.717) is 29.4 Å². The molecule has 25 heavy (non-hydrogen) atoms. The van der Waals surface area contributed by atoms with Crippen molar-refractivity contribution in [3.8, 4) is 5.75 Å². The Labute approximate surface area is 149 Å². The highest BCUT2D eigenvalue weighted by molar-refractivity contribution is 6.71. The number of nitrogens with zero attached hydrogens (tertiary/aromatic N) is 3. The first kappa shape index (κ1) is 15.7. The molecule has 7 heteroatoms. The van der Waals surface area contributed by atoms with Crippen LogP contribution >= 0.6 is 11.6 Å². The molecule has 2 aromatic rings. The highest BCUT2D eigenvalue weighted by atomic mass is 35.5. The first-order valence-electron chi connectivity index (χ1n) is 7.85. The summed E-state index contributed by atoms with van der Waals surface area (Å²) in [7, 11) is 0. The minimum Gasteiger partial charge on any atom is -0.494 e. The number of carbonyl (C=O) groups is 2. The Kier molecular flexibility index (Phi) is 3.69. The predicted molar refractivity (Wildman–Crippen MR) is 96.2 cm³/mol. The summed E-state index contributed by atoms with van der Waals surface area (Å²) in [5, 5.41) is 0.0884. The smallest absolute Gasteiger partial charge is 0.337 e. The number of rotatable bonds is 3. The van der Waals surface area contributed by atoms with Crippen LogP contribution in [-0.4, -0.2) is 29.8 Å². The van der Waals surface area contributed by atoms with Gasteiger partial charge in [0.05, 0.1) is 23.7 Å². The number of ether oxygens (including phenoxy) is 1. The molecule has 1 saturated heterocycles. The number of halogens is 1. The predicted octanol–water partition coefficient (Wildman–Crippen LogP) is 3.71. The molecule has 1 unspecified atom stereocenters. The monoisotopic (exact) mass is 355 g/mol. The zero-order valence-corrected chi connectivity index (χ0v) is 14.1. The fourth-order valence-electron chi connectivity index (χ4n) is 3.03. The summed E-state index contributed by atoms with van der Waals surface area (Å²) in [4.78, 5) is 32.6. The maximum absolute atomic E-state index is 13.0. The van der Waals surface area contributed by atoms with E-state index in [2.05, 4.69) is 4.99 Å². The average molecular weight is 356 g/mol. The number of hydrogen-bond donors (Lipinski definition) is 0. The lowest BCUT2D eigenvalue weighted by molar-refractivity contribution is -0.116. The van der Waals surface area contributed by atoms with Gasteiger partial charge in [-0.2, -0.15) is 0 Å². The fraction of sp³-hybridized carbons (Fsp3) is 0.167. The molecule has 4 rings (SSSR count). The van der Waals surface area contributed by atoms with Crippen LogP contribution in [-0.2, 0) is 4.79 Å². The van der Waals surface area contributed by atoms with Crippen LogP contribution in [0.5, 0.6) is 5.75 Å². The second kappa shape index (κ2) is 5.89. The molecule has 2 aliphatic heterocycles. The van der Waals surface area contributed by atoms with Gasteiger partial charge in [-0.25, -0.2) is 14.7 Å². The summed E-state index contributed by atoms with van der Waals surface area (Å²) in [5.74, 6) is 0.255. The Hall–Kier alpha value is -2.86. The number of carbonyl (C=O) groups excluding carboxylic acids is 2. The molecule has 0 radical (unpaired) electrons. The Morgan fingerprint density at radius 3 is 2.56 bits per heavy atom. The quantitative estimate of drug-likeness (QED) is 0.788. The molecule has 3 amide bonds. The SMILES string of the molecule is CCOc1ccc(N2C(=O)C3C(Cl)=Nc4ccccc4N3C2=O)cc1. The van der Waals surface area contributed by atoms with Gasteiger partial charge in [0.1, 0.15) is 10.9 Å². The van der Waals surface area contributed by atoms with E-state index in [1.807, 2.05) is 6.92 Å². The molecule has 0 spiro atoms. The van der Waals surface area contributed by atoms with Crippen LogP contribution in [0, 0.1) is 0 Å². The van der Waals surface area contributed by atoms with Gasteiger partial charge >= 0.3 is 6.03 Å². The normalized spacial score (nSPS) is 18.8. The summed E-state index contributed by atoms with van der Waals surface area (Å²) < 4.78 is 5.40. The standard InChI is InChI=1S/C18H14ClN3O3/c1-2-25-12-9-7-11(8-10-12)21-17(23)15-16(19)20-13-5-3-4-6-14(13)22(15)18(21)24/h3-10,15H,2H2,1H3. The first-order valence-corrected chi connectivity index (χ1v) is 8.22. The second-order valence-electron chi connectivity index (χ2n) is 5.58. The van der Waals surface area contributed by atoms with Gasteiger partial charge < -0.3 is 4.74 Å². The summed E-state index contributed by atoms with van der Waals surface area (Å²) in [5.41, 5.74) is 1.61. The zero-order chi connectivity index (χ0) is 17.6. The van der Waals surface area contributed by atoms with Gasteiger partial charge in [-0.1, -0.05) is 23.7 Å².